The molecule has 3 rings (SSSR count). The van der Waals surface area contributed by atoms with Crippen molar-refractivity contribution in [1.82, 2.24) is 5.32 Å². The molecule has 0 radical (unpaired) electrons. The van der Waals surface area contributed by atoms with Crippen LogP contribution in [-0.4, -0.2) is 32.3 Å². The molecule has 1 N–H and O–H groups in total. The zero-order valence-corrected chi connectivity index (χ0v) is 13.7. The van der Waals surface area contributed by atoms with Crippen LogP contribution in [0, 0.1) is 0 Å². The maximum Gasteiger partial charge on any atom is 0.0750 e. The van der Waals surface area contributed by atoms with Gasteiger partial charge in [0.15, 0.2) is 0 Å². The van der Waals surface area contributed by atoms with Crippen LogP contribution in [-0.2, 0) is 11.3 Å². The van der Waals surface area contributed by atoms with E-state index in [1.807, 2.05) is 0 Å². The van der Waals surface area contributed by atoms with Gasteiger partial charge in [0.2, 0.25) is 0 Å². The van der Waals surface area contributed by atoms with E-state index in [1.54, 1.807) is 0 Å². The van der Waals surface area contributed by atoms with Crippen molar-refractivity contribution >= 4 is 21.6 Å². The van der Waals surface area contributed by atoms with Crippen LogP contribution >= 0.6 is 15.9 Å². The fourth-order valence-electron chi connectivity index (χ4n) is 2.80. The molecule has 1 aliphatic carbocycles. The molecule has 1 aliphatic heterocycles. The third kappa shape index (κ3) is 3.74. The summed E-state index contributed by atoms with van der Waals surface area (Å²) in [5.41, 5.74) is 2.68. The first-order valence-electron chi connectivity index (χ1n) is 7.57. The Bertz CT molecular complexity index is 456. The molecule has 1 atom stereocenters. The van der Waals surface area contributed by atoms with Gasteiger partial charge in [0.05, 0.1) is 6.10 Å². The minimum Gasteiger partial charge on any atom is -0.376 e. The number of ether oxygens (including phenoxy) is 1. The standard InChI is InChI=1S/C16H23BrN2O/c1-19(11-15-3-2-8-20-15)16-7-4-13(17)9-12(16)10-18-14-5-6-14/h4,7,9,14-15,18H,2-3,5-6,8,10-11H2,1H3. The second-order valence-corrected chi connectivity index (χ2v) is 6.86. The maximum atomic E-state index is 5.75. The first-order chi connectivity index (χ1) is 9.72. The van der Waals surface area contributed by atoms with Crippen LogP contribution in [0.5, 0.6) is 0 Å². The highest BCUT2D eigenvalue weighted by molar-refractivity contribution is 9.10. The number of hydrogen-bond acceptors (Lipinski definition) is 3. The van der Waals surface area contributed by atoms with Crippen LogP contribution in [0.1, 0.15) is 31.2 Å². The summed E-state index contributed by atoms with van der Waals surface area (Å²) in [5, 5.41) is 3.61. The van der Waals surface area contributed by atoms with Crippen LogP contribution in [0.15, 0.2) is 22.7 Å². The van der Waals surface area contributed by atoms with E-state index in [0.29, 0.717) is 6.10 Å². The average Bonchev–Trinajstić information content (AvgIpc) is 3.13. The maximum absolute atomic E-state index is 5.75. The monoisotopic (exact) mass is 338 g/mol. The van der Waals surface area contributed by atoms with Gasteiger partial charge in [0, 0.05) is 42.9 Å². The van der Waals surface area contributed by atoms with Gasteiger partial charge in [-0.15, -0.1) is 0 Å². The van der Waals surface area contributed by atoms with E-state index < -0.39 is 0 Å². The highest BCUT2D eigenvalue weighted by Gasteiger charge is 2.22. The van der Waals surface area contributed by atoms with Crippen LogP contribution in [0.2, 0.25) is 0 Å². The Labute approximate surface area is 129 Å². The Morgan fingerprint density at radius 1 is 1.35 bits per heavy atom. The molecule has 20 heavy (non-hydrogen) atoms. The number of nitrogens with zero attached hydrogens (tertiary/aromatic N) is 1. The molecule has 1 aromatic carbocycles. The molecular weight excluding hydrogens is 316 g/mol. The molecule has 1 heterocycles. The van der Waals surface area contributed by atoms with Gasteiger partial charge in [-0.1, -0.05) is 15.9 Å². The average molecular weight is 339 g/mol. The van der Waals surface area contributed by atoms with E-state index in [-0.39, 0.29) is 0 Å². The molecule has 4 heteroatoms. The van der Waals surface area contributed by atoms with Crippen molar-refractivity contribution in [2.75, 3.05) is 25.1 Å². The molecule has 1 saturated heterocycles. The van der Waals surface area contributed by atoms with Crippen LogP contribution in [0.3, 0.4) is 0 Å². The number of anilines is 1. The lowest BCUT2D eigenvalue weighted by Crippen LogP contribution is -2.30. The molecule has 110 valence electrons. The largest absolute Gasteiger partial charge is 0.376 e. The number of halogens is 1. The first-order valence-corrected chi connectivity index (χ1v) is 8.36. The zero-order chi connectivity index (χ0) is 13.9. The molecule has 2 aliphatic rings. The Hall–Kier alpha value is -0.580. The molecule has 0 spiro atoms. The van der Waals surface area contributed by atoms with Gasteiger partial charge in [0.25, 0.3) is 0 Å². The predicted octanol–water partition coefficient (Wildman–Crippen LogP) is 3.32. The lowest BCUT2D eigenvalue weighted by molar-refractivity contribution is 0.116. The quantitative estimate of drug-likeness (QED) is 0.861. The molecule has 1 unspecified atom stereocenters. The van der Waals surface area contributed by atoms with Gasteiger partial charge in [-0.05, 0) is 49.4 Å². The minimum absolute atomic E-state index is 0.396. The molecule has 0 amide bonds. The molecular formula is C16H23BrN2O. The summed E-state index contributed by atoms with van der Waals surface area (Å²) in [4.78, 5) is 2.34. The van der Waals surface area contributed by atoms with Gasteiger partial charge >= 0.3 is 0 Å². The molecule has 0 bridgehead atoms. The smallest absolute Gasteiger partial charge is 0.0750 e. The van der Waals surface area contributed by atoms with Crippen molar-refractivity contribution in [2.45, 2.75) is 44.4 Å². The van der Waals surface area contributed by atoms with Crippen molar-refractivity contribution < 1.29 is 4.74 Å². The predicted molar refractivity (Wildman–Crippen MR) is 86.2 cm³/mol. The summed E-state index contributed by atoms with van der Waals surface area (Å²) < 4.78 is 6.90. The van der Waals surface area contributed by atoms with E-state index in [1.165, 1.54) is 36.9 Å². The van der Waals surface area contributed by atoms with Crippen molar-refractivity contribution in [2.24, 2.45) is 0 Å². The topological polar surface area (TPSA) is 24.5 Å². The number of likely N-dealkylation sites (N-methyl/N-ethyl adjacent to an activating group) is 1. The second-order valence-electron chi connectivity index (χ2n) is 5.94. The fraction of sp³-hybridized carbons (Fsp3) is 0.625. The third-order valence-electron chi connectivity index (χ3n) is 4.11. The Kier molecular flexibility index (Phi) is 4.64. The van der Waals surface area contributed by atoms with Crippen molar-refractivity contribution in [1.29, 1.82) is 0 Å². The Morgan fingerprint density at radius 2 is 2.20 bits per heavy atom. The van der Waals surface area contributed by atoms with Gasteiger partial charge < -0.3 is 15.0 Å². The lowest BCUT2D eigenvalue weighted by atomic mass is 10.1. The second kappa shape index (κ2) is 6.46. The van der Waals surface area contributed by atoms with Gasteiger partial charge in [-0.25, -0.2) is 0 Å². The van der Waals surface area contributed by atoms with E-state index in [2.05, 4.69) is 51.4 Å². The third-order valence-corrected chi connectivity index (χ3v) is 4.61. The highest BCUT2D eigenvalue weighted by atomic mass is 79.9. The first kappa shape index (κ1) is 14.4. The number of hydrogen-bond donors (Lipinski definition) is 1. The molecule has 1 aromatic rings. The van der Waals surface area contributed by atoms with E-state index >= 15 is 0 Å². The van der Waals surface area contributed by atoms with Crippen LogP contribution in [0.25, 0.3) is 0 Å². The summed E-state index contributed by atoms with van der Waals surface area (Å²) in [6.07, 6.45) is 5.45. The summed E-state index contributed by atoms with van der Waals surface area (Å²) in [5.74, 6) is 0. The van der Waals surface area contributed by atoms with Crippen LogP contribution < -0.4 is 10.2 Å². The summed E-state index contributed by atoms with van der Waals surface area (Å²) >= 11 is 3.59. The molecule has 1 saturated carbocycles. The summed E-state index contributed by atoms with van der Waals surface area (Å²) in [6.45, 7) is 2.86. The van der Waals surface area contributed by atoms with Crippen molar-refractivity contribution in [3.8, 4) is 0 Å². The number of nitrogens with one attached hydrogen (secondary N) is 1. The normalized spacial score (nSPS) is 22.2. The number of benzene rings is 1. The van der Waals surface area contributed by atoms with Crippen molar-refractivity contribution in [3.63, 3.8) is 0 Å². The minimum atomic E-state index is 0.396. The molecule has 0 aromatic heterocycles. The highest BCUT2D eigenvalue weighted by Crippen LogP contribution is 2.27. The summed E-state index contributed by atoms with van der Waals surface area (Å²) in [6, 6.07) is 7.31. The zero-order valence-electron chi connectivity index (χ0n) is 12.1. The van der Waals surface area contributed by atoms with Gasteiger partial charge in [-0.2, -0.15) is 0 Å². The Morgan fingerprint density at radius 3 is 2.90 bits per heavy atom. The van der Waals surface area contributed by atoms with E-state index in [0.717, 1.165) is 30.2 Å². The van der Waals surface area contributed by atoms with Crippen LogP contribution in [0.4, 0.5) is 5.69 Å². The fourth-order valence-corrected chi connectivity index (χ4v) is 3.21. The van der Waals surface area contributed by atoms with Crippen molar-refractivity contribution in [3.05, 3.63) is 28.2 Å². The van der Waals surface area contributed by atoms with E-state index in [9.17, 15) is 0 Å². The SMILES string of the molecule is CN(CC1CCCO1)c1ccc(Br)cc1CNC1CC1. The lowest BCUT2D eigenvalue weighted by Gasteiger charge is -2.25. The molecule has 2 fully saturated rings. The van der Waals surface area contributed by atoms with Gasteiger partial charge in [0.1, 0.15) is 0 Å². The van der Waals surface area contributed by atoms with Gasteiger partial charge in [-0.3, -0.25) is 0 Å². The summed E-state index contributed by atoms with van der Waals surface area (Å²) in [7, 11) is 2.17. The number of rotatable bonds is 6. The molecule has 3 nitrogen and oxygen atoms in total. The Balaban J connectivity index is 1.68. The van der Waals surface area contributed by atoms with E-state index in [4.69, 9.17) is 4.74 Å².